The molecule has 23 heavy (non-hydrogen) atoms. The summed E-state index contributed by atoms with van der Waals surface area (Å²) in [6.07, 6.45) is 0.407. The summed E-state index contributed by atoms with van der Waals surface area (Å²) in [5.41, 5.74) is 2.20. The average Bonchev–Trinajstić information content (AvgIpc) is 3.28. The molecule has 0 bridgehead atoms. The molecule has 0 fully saturated rings. The highest BCUT2D eigenvalue weighted by molar-refractivity contribution is 7.12. The minimum atomic E-state index is -0.0502. The van der Waals surface area contributed by atoms with Crippen molar-refractivity contribution in [2.24, 2.45) is 0 Å². The van der Waals surface area contributed by atoms with Crippen molar-refractivity contribution in [3.05, 3.63) is 62.7 Å². The first-order valence-electron chi connectivity index (χ1n) is 6.83. The van der Waals surface area contributed by atoms with E-state index in [1.54, 1.807) is 6.07 Å². The maximum Gasteiger partial charge on any atom is 0.219 e. The second kappa shape index (κ2) is 5.60. The molecule has 0 aliphatic carbocycles. The Labute approximate surface area is 139 Å². The number of H-pyrrole nitrogens is 2. The lowest BCUT2D eigenvalue weighted by molar-refractivity contribution is 0.103. The Hall–Kier alpha value is -2.51. The third-order valence-corrected chi connectivity index (χ3v) is 4.67. The van der Waals surface area contributed by atoms with Gasteiger partial charge < -0.3 is 4.98 Å². The summed E-state index contributed by atoms with van der Waals surface area (Å²) >= 11 is 7.47. The van der Waals surface area contributed by atoms with Gasteiger partial charge in [0.25, 0.3) is 0 Å². The number of carbonyl (C=O) groups excluding carboxylic acids is 1. The van der Waals surface area contributed by atoms with Crippen molar-refractivity contribution in [2.45, 2.75) is 6.42 Å². The van der Waals surface area contributed by atoms with Crippen molar-refractivity contribution < 1.29 is 4.79 Å². The lowest BCUT2D eigenvalue weighted by atomic mass is 10.0. The first kappa shape index (κ1) is 14.1. The van der Waals surface area contributed by atoms with Crippen molar-refractivity contribution in [2.75, 3.05) is 0 Å². The Balaban J connectivity index is 1.89. The molecule has 4 rings (SSSR count). The van der Waals surface area contributed by atoms with Gasteiger partial charge in [0, 0.05) is 22.3 Å². The second-order valence-corrected chi connectivity index (χ2v) is 6.36. The zero-order valence-corrected chi connectivity index (χ0v) is 13.3. The van der Waals surface area contributed by atoms with Crippen LogP contribution >= 0.6 is 22.9 Å². The Morgan fingerprint density at radius 1 is 1.30 bits per heavy atom. The summed E-state index contributed by atoms with van der Waals surface area (Å²) < 4.78 is 0. The molecule has 3 aromatic heterocycles. The number of nitrogens with one attached hydrogen (secondary N) is 2. The maximum atomic E-state index is 12.8. The number of hydrogen-bond donors (Lipinski definition) is 2. The van der Waals surface area contributed by atoms with Crippen LogP contribution in [0.15, 0.2) is 35.7 Å². The lowest BCUT2D eigenvalue weighted by Crippen LogP contribution is -2.04. The number of tetrazole rings is 1. The summed E-state index contributed by atoms with van der Waals surface area (Å²) in [5, 5.41) is 17.4. The van der Waals surface area contributed by atoms with E-state index in [1.165, 1.54) is 11.3 Å². The zero-order chi connectivity index (χ0) is 15.8. The Bertz CT molecular complexity index is 975. The molecule has 0 saturated heterocycles. The molecule has 0 atom stereocenters. The Morgan fingerprint density at radius 3 is 2.96 bits per heavy atom. The number of ketones is 1. The van der Waals surface area contributed by atoms with E-state index >= 15 is 0 Å². The van der Waals surface area contributed by atoms with Gasteiger partial charge in [0.1, 0.15) is 0 Å². The van der Waals surface area contributed by atoms with Crippen molar-refractivity contribution in [3.8, 4) is 0 Å². The molecular weight excluding hydrogens is 334 g/mol. The minimum absolute atomic E-state index is 0.0502. The monoisotopic (exact) mass is 343 g/mol. The SMILES string of the molecule is O=C(c1cccs1)c1[nH]c2cc(Cl)ccc2c1Cc1nn[nH]n1. The molecule has 0 radical (unpaired) electrons. The summed E-state index contributed by atoms with van der Waals surface area (Å²) in [6.45, 7) is 0. The lowest BCUT2D eigenvalue weighted by Gasteiger charge is -2.00. The molecule has 114 valence electrons. The fourth-order valence-electron chi connectivity index (χ4n) is 2.55. The third kappa shape index (κ3) is 2.54. The van der Waals surface area contributed by atoms with Crippen LogP contribution in [0.3, 0.4) is 0 Å². The molecule has 0 aliphatic rings. The number of fused-ring (bicyclic) bond motifs is 1. The topological polar surface area (TPSA) is 87.3 Å². The quantitative estimate of drug-likeness (QED) is 0.557. The van der Waals surface area contributed by atoms with Crippen LogP contribution < -0.4 is 0 Å². The predicted molar refractivity (Wildman–Crippen MR) is 88.0 cm³/mol. The Morgan fingerprint density at radius 2 is 2.22 bits per heavy atom. The molecule has 6 nitrogen and oxygen atoms in total. The van der Waals surface area contributed by atoms with Gasteiger partial charge in [-0.1, -0.05) is 28.9 Å². The van der Waals surface area contributed by atoms with Gasteiger partial charge in [-0.3, -0.25) is 4.79 Å². The smallest absolute Gasteiger partial charge is 0.219 e. The summed E-state index contributed by atoms with van der Waals surface area (Å²) in [7, 11) is 0. The van der Waals surface area contributed by atoms with E-state index in [0.29, 0.717) is 27.8 Å². The second-order valence-electron chi connectivity index (χ2n) is 4.98. The normalized spacial score (nSPS) is 11.2. The number of halogens is 1. The molecule has 0 saturated carbocycles. The van der Waals surface area contributed by atoms with Gasteiger partial charge in [-0.15, -0.1) is 21.5 Å². The molecule has 0 unspecified atom stereocenters. The van der Waals surface area contributed by atoms with Crippen LogP contribution in [-0.2, 0) is 6.42 Å². The van der Waals surface area contributed by atoms with Crippen LogP contribution in [0, 0.1) is 0 Å². The number of hydrogen-bond acceptors (Lipinski definition) is 5. The molecule has 1 aromatic carbocycles. The number of thiophene rings is 1. The van der Waals surface area contributed by atoms with Crippen LogP contribution in [0.25, 0.3) is 10.9 Å². The van der Waals surface area contributed by atoms with E-state index in [1.807, 2.05) is 29.6 Å². The third-order valence-electron chi connectivity index (χ3n) is 3.56. The number of nitrogens with zero attached hydrogens (tertiary/aromatic N) is 3. The van der Waals surface area contributed by atoms with Crippen LogP contribution in [0.4, 0.5) is 0 Å². The number of carbonyl (C=O) groups is 1. The summed E-state index contributed by atoms with van der Waals surface area (Å²) in [4.78, 5) is 16.7. The van der Waals surface area contributed by atoms with E-state index in [-0.39, 0.29) is 5.78 Å². The molecule has 0 spiro atoms. The first-order valence-corrected chi connectivity index (χ1v) is 8.09. The highest BCUT2D eigenvalue weighted by Gasteiger charge is 2.21. The fourth-order valence-corrected chi connectivity index (χ4v) is 3.39. The van der Waals surface area contributed by atoms with Gasteiger partial charge in [-0.2, -0.15) is 5.21 Å². The molecule has 0 aliphatic heterocycles. The molecule has 8 heteroatoms. The highest BCUT2D eigenvalue weighted by atomic mass is 35.5. The molecule has 4 aromatic rings. The fraction of sp³-hybridized carbons (Fsp3) is 0.0667. The van der Waals surface area contributed by atoms with E-state index < -0.39 is 0 Å². The van der Waals surface area contributed by atoms with Gasteiger partial charge in [0.05, 0.1) is 10.6 Å². The summed E-state index contributed by atoms with van der Waals surface area (Å²) in [6, 6.07) is 9.17. The first-order chi connectivity index (χ1) is 11.2. The number of benzene rings is 1. The number of aromatic amines is 2. The standard InChI is InChI=1S/C15H10ClN5OS/c16-8-3-4-9-10(7-13-18-20-21-19-13)14(17-11(9)6-8)15(22)12-2-1-5-23-12/h1-6,17H,7H2,(H,18,19,20,21). The summed E-state index contributed by atoms with van der Waals surface area (Å²) in [5.74, 6) is 0.479. The molecule has 0 amide bonds. The zero-order valence-electron chi connectivity index (χ0n) is 11.7. The van der Waals surface area contributed by atoms with Crippen LogP contribution in [-0.4, -0.2) is 31.4 Å². The van der Waals surface area contributed by atoms with Crippen molar-refractivity contribution in [1.82, 2.24) is 25.6 Å². The van der Waals surface area contributed by atoms with E-state index in [9.17, 15) is 4.79 Å². The van der Waals surface area contributed by atoms with Crippen LogP contribution in [0.1, 0.15) is 26.8 Å². The van der Waals surface area contributed by atoms with Gasteiger partial charge in [-0.25, -0.2) is 0 Å². The van der Waals surface area contributed by atoms with Crippen molar-refractivity contribution in [1.29, 1.82) is 0 Å². The molecule has 2 N–H and O–H groups in total. The molecular formula is C15H10ClN5OS. The predicted octanol–water partition coefficient (Wildman–Crippen LogP) is 3.22. The van der Waals surface area contributed by atoms with E-state index in [4.69, 9.17) is 11.6 Å². The number of aromatic nitrogens is 5. The molecule has 3 heterocycles. The van der Waals surface area contributed by atoms with E-state index in [2.05, 4.69) is 25.6 Å². The van der Waals surface area contributed by atoms with Gasteiger partial charge >= 0.3 is 0 Å². The van der Waals surface area contributed by atoms with Crippen molar-refractivity contribution in [3.63, 3.8) is 0 Å². The van der Waals surface area contributed by atoms with Crippen molar-refractivity contribution >= 4 is 39.6 Å². The maximum absolute atomic E-state index is 12.8. The van der Waals surface area contributed by atoms with Gasteiger partial charge in [0.15, 0.2) is 5.82 Å². The largest absolute Gasteiger partial charge is 0.351 e. The highest BCUT2D eigenvalue weighted by Crippen LogP contribution is 2.29. The van der Waals surface area contributed by atoms with Crippen LogP contribution in [0.2, 0.25) is 5.02 Å². The van der Waals surface area contributed by atoms with Gasteiger partial charge in [-0.05, 0) is 29.1 Å². The Kier molecular flexibility index (Phi) is 3.44. The van der Waals surface area contributed by atoms with E-state index in [0.717, 1.165) is 16.5 Å². The van der Waals surface area contributed by atoms with Crippen LogP contribution in [0.5, 0.6) is 0 Å². The van der Waals surface area contributed by atoms with Gasteiger partial charge in [0.2, 0.25) is 5.78 Å². The minimum Gasteiger partial charge on any atom is -0.351 e. The average molecular weight is 344 g/mol. The number of rotatable bonds is 4.